The molecule has 3 atom stereocenters. The van der Waals surface area contributed by atoms with Crippen LogP contribution < -0.4 is 11.1 Å². The molecule has 1 fully saturated rings. The average molecular weight is 451 g/mol. The highest BCUT2D eigenvalue weighted by molar-refractivity contribution is 7.92. The first kappa shape index (κ1) is 22.6. The summed E-state index contributed by atoms with van der Waals surface area (Å²) in [6, 6.07) is 13.6. The third-order valence-corrected chi connectivity index (χ3v) is 7.75. The Morgan fingerprint density at radius 3 is 2.37 bits per heavy atom. The molecule has 0 aliphatic heterocycles. The van der Waals surface area contributed by atoms with Gasteiger partial charge in [-0.05, 0) is 57.5 Å². The second-order valence-corrected chi connectivity index (χ2v) is 11.2. The molecule has 8 heteroatoms. The Labute approximate surface area is 182 Å². The lowest BCUT2D eigenvalue weighted by Crippen LogP contribution is -2.49. The van der Waals surface area contributed by atoms with Gasteiger partial charge in [0.25, 0.3) is 0 Å². The van der Waals surface area contributed by atoms with Crippen molar-refractivity contribution in [3.05, 3.63) is 64.7 Å². The number of carbonyl (C=O) groups excluding carboxylic acids is 1. The SMILES string of the molecule is Cc1ccc(S(=O)(=O)[C@H]2[C@@H](c3cccc(Cl)c3)[C@@]2(CN)NC(=O)OC(C)(C)C)cc1. The predicted molar refractivity (Wildman–Crippen MR) is 118 cm³/mol. The summed E-state index contributed by atoms with van der Waals surface area (Å²) in [5.74, 6) is -0.556. The number of hydrogen-bond donors (Lipinski definition) is 2. The summed E-state index contributed by atoms with van der Waals surface area (Å²) < 4.78 is 32.4. The zero-order valence-electron chi connectivity index (χ0n) is 17.5. The fourth-order valence-electron chi connectivity index (χ4n) is 3.84. The molecule has 0 saturated heterocycles. The Morgan fingerprint density at radius 1 is 1.20 bits per heavy atom. The maximum Gasteiger partial charge on any atom is 0.408 e. The van der Waals surface area contributed by atoms with Crippen molar-refractivity contribution >= 4 is 27.5 Å². The summed E-state index contributed by atoms with van der Waals surface area (Å²) in [6.07, 6.45) is -0.707. The number of nitrogens with one attached hydrogen (secondary N) is 1. The normalized spacial score (nSPS) is 23.7. The van der Waals surface area contributed by atoms with Crippen molar-refractivity contribution in [1.29, 1.82) is 0 Å². The van der Waals surface area contributed by atoms with E-state index in [1.807, 2.05) is 6.92 Å². The number of alkyl carbamates (subject to hydrolysis) is 1. The Bertz CT molecular complexity index is 1050. The van der Waals surface area contributed by atoms with Gasteiger partial charge in [0.1, 0.15) is 10.9 Å². The molecule has 2 aromatic carbocycles. The fraction of sp³-hybridized carbons (Fsp3) is 0.409. The molecule has 2 aromatic rings. The van der Waals surface area contributed by atoms with E-state index in [0.717, 1.165) is 5.56 Å². The number of sulfone groups is 1. The van der Waals surface area contributed by atoms with E-state index in [9.17, 15) is 13.2 Å². The molecule has 1 amide bonds. The van der Waals surface area contributed by atoms with Gasteiger partial charge in [-0.1, -0.05) is 41.4 Å². The van der Waals surface area contributed by atoms with Crippen LogP contribution in [-0.4, -0.2) is 37.4 Å². The van der Waals surface area contributed by atoms with E-state index in [1.54, 1.807) is 69.3 Å². The number of amides is 1. The number of hydrogen-bond acceptors (Lipinski definition) is 5. The highest BCUT2D eigenvalue weighted by Crippen LogP contribution is 2.57. The zero-order chi connectivity index (χ0) is 22.3. The Kier molecular flexibility index (Phi) is 5.93. The highest BCUT2D eigenvalue weighted by atomic mass is 35.5. The third kappa shape index (κ3) is 4.33. The minimum Gasteiger partial charge on any atom is -0.444 e. The van der Waals surface area contributed by atoms with Crippen LogP contribution in [0, 0.1) is 6.92 Å². The lowest BCUT2D eigenvalue weighted by Gasteiger charge is -2.24. The van der Waals surface area contributed by atoms with Gasteiger partial charge in [0.05, 0.1) is 10.4 Å². The minimum absolute atomic E-state index is 0.0703. The second kappa shape index (κ2) is 7.87. The molecule has 0 heterocycles. The quantitative estimate of drug-likeness (QED) is 0.721. The molecule has 0 aromatic heterocycles. The predicted octanol–water partition coefficient (Wildman–Crippen LogP) is 3.81. The number of rotatable bonds is 5. The van der Waals surface area contributed by atoms with Crippen LogP contribution in [0.15, 0.2) is 53.4 Å². The van der Waals surface area contributed by atoms with Crippen molar-refractivity contribution in [2.45, 2.75) is 54.9 Å². The summed E-state index contributed by atoms with van der Waals surface area (Å²) in [7, 11) is -3.80. The number of nitrogens with two attached hydrogens (primary N) is 1. The Balaban J connectivity index is 2.05. The summed E-state index contributed by atoms with van der Waals surface area (Å²) in [5.41, 5.74) is 5.79. The highest BCUT2D eigenvalue weighted by Gasteiger charge is 2.71. The van der Waals surface area contributed by atoms with Gasteiger partial charge in [-0.15, -0.1) is 0 Å². The van der Waals surface area contributed by atoms with Crippen molar-refractivity contribution in [3.8, 4) is 0 Å². The summed E-state index contributed by atoms with van der Waals surface area (Å²) in [5, 5.41) is 2.31. The number of aryl methyl sites for hydroxylation is 1. The molecule has 1 aliphatic rings. The van der Waals surface area contributed by atoms with Gasteiger partial charge in [-0.2, -0.15) is 0 Å². The van der Waals surface area contributed by atoms with E-state index in [-0.39, 0.29) is 11.4 Å². The minimum atomic E-state index is -3.80. The number of benzene rings is 2. The maximum atomic E-state index is 13.5. The number of halogens is 1. The second-order valence-electron chi connectivity index (χ2n) is 8.68. The molecule has 30 heavy (non-hydrogen) atoms. The molecule has 162 valence electrons. The van der Waals surface area contributed by atoms with Gasteiger partial charge in [0, 0.05) is 17.5 Å². The van der Waals surface area contributed by atoms with E-state index in [0.29, 0.717) is 10.6 Å². The monoisotopic (exact) mass is 450 g/mol. The summed E-state index contributed by atoms with van der Waals surface area (Å²) >= 11 is 6.15. The summed E-state index contributed by atoms with van der Waals surface area (Å²) in [4.78, 5) is 12.7. The average Bonchev–Trinajstić information content (AvgIpc) is 3.30. The maximum absolute atomic E-state index is 13.5. The van der Waals surface area contributed by atoms with Gasteiger partial charge in [0.2, 0.25) is 0 Å². The Hall–Kier alpha value is -2.09. The van der Waals surface area contributed by atoms with E-state index in [1.165, 1.54) is 0 Å². The van der Waals surface area contributed by atoms with Crippen molar-refractivity contribution < 1.29 is 17.9 Å². The molecule has 0 spiro atoms. The van der Waals surface area contributed by atoms with Crippen LogP contribution in [0.1, 0.15) is 37.8 Å². The van der Waals surface area contributed by atoms with Crippen molar-refractivity contribution in [3.63, 3.8) is 0 Å². The topological polar surface area (TPSA) is 98.5 Å². The van der Waals surface area contributed by atoms with Crippen LogP contribution in [0.4, 0.5) is 4.79 Å². The molecule has 1 aliphatic carbocycles. The smallest absolute Gasteiger partial charge is 0.408 e. The lowest BCUT2D eigenvalue weighted by atomic mass is 10.1. The zero-order valence-corrected chi connectivity index (χ0v) is 19.0. The van der Waals surface area contributed by atoms with Gasteiger partial charge in [-0.3, -0.25) is 0 Å². The number of carbonyl (C=O) groups is 1. The molecular formula is C22H27ClN2O4S. The largest absolute Gasteiger partial charge is 0.444 e. The van der Waals surface area contributed by atoms with Crippen LogP contribution in [0.2, 0.25) is 5.02 Å². The van der Waals surface area contributed by atoms with Crippen LogP contribution in [-0.2, 0) is 14.6 Å². The van der Waals surface area contributed by atoms with Gasteiger partial charge in [-0.25, -0.2) is 13.2 Å². The lowest BCUT2D eigenvalue weighted by molar-refractivity contribution is 0.0497. The van der Waals surface area contributed by atoms with E-state index < -0.39 is 38.2 Å². The van der Waals surface area contributed by atoms with Gasteiger partial charge < -0.3 is 15.8 Å². The van der Waals surface area contributed by atoms with Gasteiger partial charge in [0.15, 0.2) is 9.84 Å². The van der Waals surface area contributed by atoms with Crippen molar-refractivity contribution in [1.82, 2.24) is 5.32 Å². The van der Waals surface area contributed by atoms with E-state index >= 15 is 0 Å². The molecular weight excluding hydrogens is 424 g/mol. The van der Waals surface area contributed by atoms with Gasteiger partial charge >= 0.3 is 6.09 Å². The molecule has 0 radical (unpaired) electrons. The molecule has 3 N–H and O–H groups in total. The van der Waals surface area contributed by atoms with Crippen LogP contribution in [0.3, 0.4) is 0 Å². The van der Waals surface area contributed by atoms with Crippen LogP contribution >= 0.6 is 11.6 Å². The standard InChI is InChI=1S/C22H27ClN2O4S/c1-14-8-10-17(11-9-14)30(27,28)19-18(15-6-5-7-16(23)12-15)22(19,13-24)25-20(26)29-21(2,3)4/h5-12,18-19H,13,24H2,1-4H3,(H,25,26)/t18-,19+,22-/m1/s1. The first-order valence-corrected chi connectivity index (χ1v) is 11.6. The Morgan fingerprint density at radius 2 is 1.83 bits per heavy atom. The van der Waals surface area contributed by atoms with Crippen LogP contribution in [0.5, 0.6) is 0 Å². The molecule has 3 rings (SSSR count). The fourth-order valence-corrected chi connectivity index (χ4v) is 6.39. The molecule has 0 bridgehead atoms. The molecule has 6 nitrogen and oxygen atoms in total. The van der Waals surface area contributed by atoms with Crippen LogP contribution in [0.25, 0.3) is 0 Å². The molecule has 0 unspecified atom stereocenters. The molecule has 1 saturated carbocycles. The van der Waals surface area contributed by atoms with E-state index in [4.69, 9.17) is 22.1 Å². The summed E-state index contributed by atoms with van der Waals surface area (Å²) in [6.45, 7) is 7.03. The number of ether oxygens (including phenoxy) is 1. The third-order valence-electron chi connectivity index (χ3n) is 5.22. The first-order chi connectivity index (χ1) is 13.9. The van der Waals surface area contributed by atoms with Crippen molar-refractivity contribution in [2.24, 2.45) is 5.73 Å². The van der Waals surface area contributed by atoms with Crippen molar-refractivity contribution in [2.75, 3.05) is 6.54 Å². The van der Waals surface area contributed by atoms with E-state index in [2.05, 4.69) is 5.32 Å². The first-order valence-electron chi connectivity index (χ1n) is 9.68.